The highest BCUT2D eigenvalue weighted by Crippen LogP contribution is 2.23. The normalized spacial score (nSPS) is 14.4. The van der Waals surface area contributed by atoms with Crippen molar-refractivity contribution in [3.8, 4) is 0 Å². The van der Waals surface area contributed by atoms with Crippen molar-refractivity contribution < 1.29 is 14.3 Å². The smallest absolute Gasteiger partial charge is 0.306 e. The molecule has 1 aliphatic heterocycles. The number of carbonyl (C=O) groups excluding carboxylic acids is 2. The maximum atomic E-state index is 12.7. The fraction of sp³-hybridized carbons (Fsp3) is 0.348. The molecule has 0 saturated carbocycles. The molecule has 1 aromatic heterocycles. The summed E-state index contributed by atoms with van der Waals surface area (Å²) in [6, 6.07) is 16.2. The second-order valence-corrected chi connectivity index (χ2v) is 8.45. The van der Waals surface area contributed by atoms with Crippen LogP contribution in [0.25, 0.3) is 10.2 Å². The number of thiazole rings is 1. The first kappa shape index (κ1) is 19.6. The molecule has 150 valence electrons. The highest BCUT2D eigenvalue weighted by molar-refractivity contribution is 7.18. The van der Waals surface area contributed by atoms with E-state index in [1.54, 1.807) is 23.2 Å². The van der Waals surface area contributed by atoms with Crippen LogP contribution in [0.5, 0.6) is 0 Å². The van der Waals surface area contributed by atoms with E-state index in [0.717, 1.165) is 28.1 Å². The molecule has 1 aliphatic rings. The number of benzene rings is 2. The zero-order valence-electron chi connectivity index (χ0n) is 16.5. The largest absolute Gasteiger partial charge is 0.453 e. The van der Waals surface area contributed by atoms with Crippen LogP contribution in [0.15, 0.2) is 48.5 Å². The standard InChI is InChI=1S/C23H24N2O3S/c1-16(23(27)25-14-13-17-7-2-3-8-18(17)15-25)28-22(26)12-6-11-21-24-19-9-4-5-10-20(19)29-21/h2-5,7-10,16H,6,11-15H2,1H3/t16-/m1/s1. The summed E-state index contributed by atoms with van der Waals surface area (Å²) in [4.78, 5) is 31.2. The van der Waals surface area contributed by atoms with E-state index in [4.69, 9.17) is 4.74 Å². The Morgan fingerprint density at radius 3 is 2.72 bits per heavy atom. The Balaban J connectivity index is 1.24. The highest BCUT2D eigenvalue weighted by atomic mass is 32.1. The van der Waals surface area contributed by atoms with Crippen molar-refractivity contribution in [2.45, 2.75) is 45.3 Å². The van der Waals surface area contributed by atoms with Crippen LogP contribution in [0.4, 0.5) is 0 Å². The second-order valence-electron chi connectivity index (χ2n) is 7.34. The first-order valence-corrected chi connectivity index (χ1v) is 10.8. The van der Waals surface area contributed by atoms with Crippen LogP contribution in [0, 0.1) is 0 Å². The quantitative estimate of drug-likeness (QED) is 0.575. The van der Waals surface area contributed by atoms with Gasteiger partial charge in [-0.25, -0.2) is 4.98 Å². The number of hydrogen-bond donors (Lipinski definition) is 0. The Labute approximate surface area is 174 Å². The molecule has 0 bridgehead atoms. The summed E-state index contributed by atoms with van der Waals surface area (Å²) in [5, 5.41) is 1.02. The van der Waals surface area contributed by atoms with E-state index in [1.807, 2.05) is 36.4 Å². The van der Waals surface area contributed by atoms with Crippen LogP contribution in [0.3, 0.4) is 0 Å². The number of para-hydroxylation sites is 1. The van der Waals surface area contributed by atoms with Gasteiger partial charge in [-0.1, -0.05) is 36.4 Å². The summed E-state index contributed by atoms with van der Waals surface area (Å²) in [6.07, 6.45) is 1.77. The van der Waals surface area contributed by atoms with Crippen LogP contribution in [-0.2, 0) is 33.7 Å². The molecule has 0 aliphatic carbocycles. The van der Waals surface area contributed by atoms with Crippen molar-refractivity contribution in [3.63, 3.8) is 0 Å². The van der Waals surface area contributed by atoms with Crippen molar-refractivity contribution in [1.29, 1.82) is 0 Å². The summed E-state index contributed by atoms with van der Waals surface area (Å²) in [5.41, 5.74) is 3.45. The number of aromatic nitrogens is 1. The summed E-state index contributed by atoms with van der Waals surface area (Å²) in [7, 11) is 0. The molecule has 5 nitrogen and oxygen atoms in total. The van der Waals surface area contributed by atoms with Gasteiger partial charge in [-0.15, -0.1) is 11.3 Å². The number of nitrogens with zero attached hydrogens (tertiary/aromatic N) is 2. The van der Waals surface area contributed by atoms with Gasteiger partial charge in [0.25, 0.3) is 5.91 Å². The van der Waals surface area contributed by atoms with Crippen LogP contribution in [-0.4, -0.2) is 34.4 Å². The molecule has 6 heteroatoms. The van der Waals surface area contributed by atoms with Crippen molar-refractivity contribution in [1.82, 2.24) is 9.88 Å². The first-order valence-electron chi connectivity index (χ1n) is 9.99. The Morgan fingerprint density at radius 2 is 1.90 bits per heavy atom. The molecule has 3 aromatic rings. The van der Waals surface area contributed by atoms with Gasteiger partial charge in [0.15, 0.2) is 6.10 Å². The number of rotatable bonds is 6. The van der Waals surface area contributed by atoms with Gasteiger partial charge in [-0.05, 0) is 49.4 Å². The van der Waals surface area contributed by atoms with Gasteiger partial charge >= 0.3 is 5.97 Å². The van der Waals surface area contributed by atoms with Gasteiger partial charge in [-0.2, -0.15) is 0 Å². The van der Waals surface area contributed by atoms with E-state index in [9.17, 15) is 9.59 Å². The second kappa shape index (κ2) is 8.74. The third kappa shape index (κ3) is 4.65. The Morgan fingerprint density at radius 1 is 1.14 bits per heavy atom. The average Bonchev–Trinajstić information content (AvgIpc) is 3.15. The molecule has 0 fully saturated rings. The van der Waals surface area contributed by atoms with E-state index in [0.29, 0.717) is 19.5 Å². The van der Waals surface area contributed by atoms with Crippen LogP contribution in [0.1, 0.15) is 35.9 Å². The van der Waals surface area contributed by atoms with Gasteiger partial charge in [0.05, 0.1) is 15.2 Å². The summed E-state index contributed by atoms with van der Waals surface area (Å²) in [6.45, 7) is 2.90. The van der Waals surface area contributed by atoms with Gasteiger partial charge < -0.3 is 9.64 Å². The molecule has 0 unspecified atom stereocenters. The SMILES string of the molecule is C[C@@H](OC(=O)CCCc1nc2ccccc2s1)C(=O)N1CCc2ccccc2C1. The van der Waals surface area contributed by atoms with Gasteiger partial charge in [-0.3, -0.25) is 9.59 Å². The lowest BCUT2D eigenvalue weighted by molar-refractivity contribution is -0.159. The monoisotopic (exact) mass is 408 g/mol. The fourth-order valence-corrected chi connectivity index (χ4v) is 4.67. The summed E-state index contributed by atoms with van der Waals surface area (Å²) < 4.78 is 6.56. The molecule has 29 heavy (non-hydrogen) atoms. The zero-order chi connectivity index (χ0) is 20.2. The lowest BCUT2D eigenvalue weighted by Gasteiger charge is -2.30. The van der Waals surface area contributed by atoms with Crippen molar-refractivity contribution in [3.05, 3.63) is 64.7 Å². The van der Waals surface area contributed by atoms with E-state index in [-0.39, 0.29) is 18.3 Å². The minimum atomic E-state index is -0.754. The molecular weight excluding hydrogens is 384 g/mol. The molecule has 2 heterocycles. The fourth-order valence-electron chi connectivity index (χ4n) is 3.66. The minimum Gasteiger partial charge on any atom is -0.453 e. The third-order valence-electron chi connectivity index (χ3n) is 5.21. The van der Waals surface area contributed by atoms with E-state index in [1.165, 1.54) is 11.1 Å². The molecule has 0 spiro atoms. The Bertz CT molecular complexity index is 997. The lowest BCUT2D eigenvalue weighted by Crippen LogP contribution is -2.42. The van der Waals surface area contributed by atoms with Crippen LogP contribution in [0.2, 0.25) is 0 Å². The molecule has 1 atom stereocenters. The topological polar surface area (TPSA) is 59.5 Å². The number of ether oxygens (including phenoxy) is 1. The van der Waals surface area contributed by atoms with Crippen LogP contribution < -0.4 is 0 Å². The van der Waals surface area contributed by atoms with Gasteiger partial charge in [0, 0.05) is 19.5 Å². The molecule has 0 saturated heterocycles. The molecule has 4 rings (SSSR count). The highest BCUT2D eigenvalue weighted by Gasteiger charge is 2.26. The number of aryl methyl sites for hydroxylation is 1. The Hall–Kier alpha value is -2.73. The van der Waals surface area contributed by atoms with E-state index in [2.05, 4.69) is 17.1 Å². The Kier molecular flexibility index (Phi) is 5.90. The maximum absolute atomic E-state index is 12.7. The van der Waals surface area contributed by atoms with E-state index < -0.39 is 6.10 Å². The van der Waals surface area contributed by atoms with E-state index >= 15 is 0 Å². The third-order valence-corrected chi connectivity index (χ3v) is 6.30. The first-order chi connectivity index (χ1) is 14.1. The number of fused-ring (bicyclic) bond motifs is 2. The molecule has 2 aromatic carbocycles. The maximum Gasteiger partial charge on any atom is 0.306 e. The molecule has 1 amide bonds. The number of carbonyl (C=O) groups is 2. The summed E-state index contributed by atoms with van der Waals surface area (Å²) in [5.74, 6) is -0.455. The van der Waals surface area contributed by atoms with Crippen LogP contribution >= 0.6 is 11.3 Å². The minimum absolute atomic E-state index is 0.126. The van der Waals surface area contributed by atoms with Crippen molar-refractivity contribution in [2.24, 2.45) is 0 Å². The molecule has 0 N–H and O–H groups in total. The zero-order valence-corrected chi connectivity index (χ0v) is 17.3. The van der Waals surface area contributed by atoms with Gasteiger partial charge in [0.2, 0.25) is 0 Å². The molecular formula is C23H24N2O3S. The number of amides is 1. The molecule has 0 radical (unpaired) electrons. The van der Waals surface area contributed by atoms with Crippen molar-refractivity contribution >= 4 is 33.4 Å². The summed E-state index contributed by atoms with van der Waals surface area (Å²) >= 11 is 1.66. The predicted molar refractivity (Wildman–Crippen MR) is 114 cm³/mol. The number of hydrogen-bond acceptors (Lipinski definition) is 5. The van der Waals surface area contributed by atoms with Crippen molar-refractivity contribution in [2.75, 3.05) is 6.54 Å². The lowest BCUT2D eigenvalue weighted by atomic mass is 9.99. The average molecular weight is 409 g/mol. The number of esters is 1. The van der Waals surface area contributed by atoms with Gasteiger partial charge in [0.1, 0.15) is 0 Å². The predicted octanol–water partition coefficient (Wildman–Crippen LogP) is 4.14.